The number of hydrogen-bond donors (Lipinski definition) is 1. The Morgan fingerprint density at radius 1 is 1.00 bits per heavy atom. The first-order valence-corrected chi connectivity index (χ1v) is 11.1. The molecule has 9 heteroatoms. The average Bonchev–Trinajstić information content (AvgIpc) is 2.85. The maximum Gasteiger partial charge on any atom is 0.327 e. The zero-order chi connectivity index (χ0) is 23.8. The Balaban J connectivity index is 1.52. The van der Waals surface area contributed by atoms with Gasteiger partial charge in [-0.25, -0.2) is 4.79 Å². The van der Waals surface area contributed by atoms with E-state index in [4.69, 9.17) is 21.1 Å². The molecule has 1 heterocycles. The molecule has 0 spiro atoms. The highest BCUT2D eigenvalue weighted by Gasteiger charge is 2.33. The lowest BCUT2D eigenvalue weighted by molar-refractivity contribution is -0.148. The van der Waals surface area contributed by atoms with Crippen LogP contribution in [-0.2, 0) is 14.3 Å². The van der Waals surface area contributed by atoms with E-state index >= 15 is 0 Å². The molecule has 2 aromatic rings. The van der Waals surface area contributed by atoms with Crippen LogP contribution in [0.15, 0.2) is 48.5 Å². The van der Waals surface area contributed by atoms with Crippen molar-refractivity contribution in [1.29, 1.82) is 0 Å². The maximum absolute atomic E-state index is 12.6. The van der Waals surface area contributed by atoms with Crippen LogP contribution >= 0.6 is 11.6 Å². The minimum atomic E-state index is -0.624. The second kappa shape index (κ2) is 11.7. The number of nitrogens with one attached hydrogen (secondary N) is 1. The second-order valence-corrected chi connectivity index (χ2v) is 7.98. The molecule has 0 radical (unpaired) electrons. The predicted octanol–water partition coefficient (Wildman–Crippen LogP) is 2.53. The number of methoxy groups -OCH3 is 2. The molecule has 1 N–H and O–H groups in total. The van der Waals surface area contributed by atoms with E-state index in [9.17, 15) is 14.4 Å². The lowest BCUT2D eigenvalue weighted by atomic mass is 10.0. The molecule has 1 aliphatic heterocycles. The molecule has 1 saturated heterocycles. The van der Waals surface area contributed by atoms with Gasteiger partial charge in [-0.05, 0) is 23.8 Å². The van der Waals surface area contributed by atoms with Crippen LogP contribution in [0.1, 0.15) is 28.4 Å². The van der Waals surface area contributed by atoms with Gasteiger partial charge in [0.05, 0.1) is 19.8 Å². The summed E-state index contributed by atoms with van der Waals surface area (Å²) in [6, 6.07) is 13.5. The molecule has 8 nitrogen and oxygen atoms in total. The van der Waals surface area contributed by atoms with Crippen molar-refractivity contribution in [2.45, 2.75) is 12.5 Å². The summed E-state index contributed by atoms with van der Waals surface area (Å²) in [5.74, 6) is -0.244. The number of benzene rings is 2. The highest BCUT2D eigenvalue weighted by molar-refractivity contribution is 6.31. The van der Waals surface area contributed by atoms with Crippen molar-refractivity contribution in [3.63, 3.8) is 0 Å². The normalized spacial score (nSPS) is 14.9. The van der Waals surface area contributed by atoms with Crippen LogP contribution in [-0.4, -0.2) is 74.5 Å². The van der Waals surface area contributed by atoms with Crippen molar-refractivity contribution in [2.24, 2.45) is 0 Å². The van der Waals surface area contributed by atoms with E-state index in [1.54, 1.807) is 35.2 Å². The van der Waals surface area contributed by atoms with Gasteiger partial charge in [-0.15, -0.1) is 0 Å². The topological polar surface area (TPSA) is 88.2 Å². The molecule has 1 unspecified atom stereocenters. The predicted molar refractivity (Wildman–Crippen MR) is 124 cm³/mol. The van der Waals surface area contributed by atoms with Crippen molar-refractivity contribution < 1.29 is 23.9 Å². The van der Waals surface area contributed by atoms with Gasteiger partial charge in [0, 0.05) is 44.2 Å². The Hall–Kier alpha value is -3.10. The lowest BCUT2D eigenvalue weighted by Gasteiger charge is -2.38. The fourth-order valence-corrected chi connectivity index (χ4v) is 4.12. The Kier molecular flexibility index (Phi) is 8.68. The number of amides is 2. The number of carbonyl (C=O) groups excluding carboxylic acids is 3. The van der Waals surface area contributed by atoms with Crippen LogP contribution in [0.5, 0.6) is 5.75 Å². The summed E-state index contributed by atoms with van der Waals surface area (Å²) in [4.78, 5) is 41.2. The van der Waals surface area contributed by atoms with Crippen LogP contribution in [0, 0.1) is 0 Å². The molecule has 1 aliphatic rings. The molecule has 0 aliphatic carbocycles. The number of nitrogens with zero attached hydrogens (tertiary/aromatic N) is 2. The number of esters is 1. The van der Waals surface area contributed by atoms with E-state index in [2.05, 4.69) is 5.32 Å². The van der Waals surface area contributed by atoms with Crippen LogP contribution in [0.3, 0.4) is 0 Å². The van der Waals surface area contributed by atoms with Crippen LogP contribution < -0.4 is 10.1 Å². The summed E-state index contributed by atoms with van der Waals surface area (Å²) in [6.45, 7) is 2.17. The van der Waals surface area contributed by atoms with Gasteiger partial charge in [0.2, 0.25) is 5.91 Å². The van der Waals surface area contributed by atoms with Gasteiger partial charge in [0.15, 0.2) is 0 Å². The third-order valence-corrected chi connectivity index (χ3v) is 5.98. The molecule has 2 aromatic carbocycles. The summed E-state index contributed by atoms with van der Waals surface area (Å²) >= 11 is 6.32. The first-order chi connectivity index (χ1) is 16.0. The van der Waals surface area contributed by atoms with Gasteiger partial charge in [-0.1, -0.05) is 41.9 Å². The highest BCUT2D eigenvalue weighted by atomic mass is 35.5. The minimum absolute atomic E-state index is 0.0534. The van der Waals surface area contributed by atoms with Crippen molar-refractivity contribution in [3.8, 4) is 5.75 Å². The number of halogens is 1. The SMILES string of the molecule is COC(=O)C(c1ccccc1Cl)N1CCN(C(=O)CCNC(=O)c2ccccc2OC)CC1. The van der Waals surface area contributed by atoms with E-state index in [1.807, 2.05) is 23.1 Å². The Labute approximate surface area is 198 Å². The van der Waals surface area contributed by atoms with Crippen LogP contribution in [0.2, 0.25) is 5.02 Å². The van der Waals surface area contributed by atoms with E-state index in [0.717, 1.165) is 0 Å². The number of piperazine rings is 1. The molecule has 1 fully saturated rings. The summed E-state index contributed by atoms with van der Waals surface area (Å²) < 4.78 is 10.2. The first kappa shape index (κ1) is 24.5. The third kappa shape index (κ3) is 6.03. The van der Waals surface area contributed by atoms with Crippen molar-refractivity contribution in [2.75, 3.05) is 46.9 Å². The molecule has 3 rings (SSSR count). The standard InChI is InChI=1S/C24H28ClN3O5/c1-32-20-10-6-4-8-18(20)23(30)26-12-11-21(29)27-13-15-28(16-14-27)22(24(31)33-2)17-7-3-5-9-19(17)25/h3-10,22H,11-16H2,1-2H3,(H,26,30). The summed E-state index contributed by atoms with van der Waals surface area (Å²) in [5, 5.41) is 3.27. The Morgan fingerprint density at radius 3 is 2.33 bits per heavy atom. The molecular weight excluding hydrogens is 446 g/mol. The Morgan fingerprint density at radius 2 is 1.67 bits per heavy atom. The number of ether oxygens (including phenoxy) is 2. The highest BCUT2D eigenvalue weighted by Crippen LogP contribution is 2.29. The first-order valence-electron chi connectivity index (χ1n) is 10.7. The zero-order valence-electron chi connectivity index (χ0n) is 18.8. The third-order valence-electron chi connectivity index (χ3n) is 5.63. The molecule has 33 heavy (non-hydrogen) atoms. The van der Waals surface area contributed by atoms with Crippen molar-refractivity contribution >= 4 is 29.4 Å². The minimum Gasteiger partial charge on any atom is -0.496 e. The molecule has 1 atom stereocenters. The summed E-state index contributed by atoms with van der Waals surface area (Å²) in [7, 11) is 2.86. The quantitative estimate of drug-likeness (QED) is 0.593. The van der Waals surface area contributed by atoms with Crippen LogP contribution in [0.4, 0.5) is 0 Å². The fraction of sp³-hybridized carbons (Fsp3) is 0.375. The number of para-hydroxylation sites is 1. The molecule has 0 saturated carbocycles. The molecule has 0 bridgehead atoms. The average molecular weight is 474 g/mol. The zero-order valence-corrected chi connectivity index (χ0v) is 19.5. The lowest BCUT2D eigenvalue weighted by Crippen LogP contribution is -2.51. The largest absolute Gasteiger partial charge is 0.496 e. The van der Waals surface area contributed by atoms with E-state index < -0.39 is 6.04 Å². The van der Waals surface area contributed by atoms with Crippen LogP contribution in [0.25, 0.3) is 0 Å². The monoisotopic (exact) mass is 473 g/mol. The molecule has 176 valence electrons. The Bertz CT molecular complexity index is 992. The van der Waals surface area contributed by atoms with Gasteiger partial charge in [-0.3, -0.25) is 14.5 Å². The molecule has 2 amide bonds. The van der Waals surface area contributed by atoms with Gasteiger partial charge < -0.3 is 19.7 Å². The van der Waals surface area contributed by atoms with E-state index in [1.165, 1.54) is 14.2 Å². The summed E-state index contributed by atoms with van der Waals surface area (Å²) in [5.41, 5.74) is 1.11. The second-order valence-electron chi connectivity index (χ2n) is 7.57. The van der Waals surface area contributed by atoms with Gasteiger partial charge in [0.25, 0.3) is 5.91 Å². The summed E-state index contributed by atoms with van der Waals surface area (Å²) in [6.07, 6.45) is 0.186. The smallest absolute Gasteiger partial charge is 0.327 e. The number of rotatable bonds is 8. The molecule has 0 aromatic heterocycles. The van der Waals surface area contributed by atoms with Gasteiger partial charge in [0.1, 0.15) is 11.8 Å². The van der Waals surface area contributed by atoms with Gasteiger partial charge >= 0.3 is 5.97 Å². The van der Waals surface area contributed by atoms with Gasteiger partial charge in [-0.2, -0.15) is 0 Å². The number of carbonyl (C=O) groups is 3. The van der Waals surface area contributed by atoms with E-state index in [0.29, 0.717) is 48.1 Å². The number of hydrogen-bond acceptors (Lipinski definition) is 6. The fourth-order valence-electron chi connectivity index (χ4n) is 3.88. The molecular formula is C24H28ClN3O5. The maximum atomic E-state index is 12.6. The van der Waals surface area contributed by atoms with Crippen molar-refractivity contribution in [3.05, 3.63) is 64.7 Å². The van der Waals surface area contributed by atoms with E-state index in [-0.39, 0.29) is 30.7 Å². The van der Waals surface area contributed by atoms with Crippen molar-refractivity contribution in [1.82, 2.24) is 15.1 Å².